The standard InChI is InChI=1S/C26H22ClN3O2S/c1-17-14-20(30-12-13-32-16-33-30)7-8-21(17)26(31)29-19-6-9-24(27)23(15-19)25-22-5-3-2-4-18(22)10-11-28-25/h2-11,14-15H,12-13,16H2,1H3,(H,29,31). The Kier molecular flexibility index (Phi) is 6.22. The Labute approximate surface area is 201 Å². The van der Waals surface area contributed by atoms with Crippen molar-refractivity contribution in [1.82, 2.24) is 4.98 Å². The summed E-state index contributed by atoms with van der Waals surface area (Å²) in [4.78, 5) is 17.6. The Morgan fingerprint density at radius 3 is 2.82 bits per heavy atom. The van der Waals surface area contributed by atoms with E-state index in [-0.39, 0.29) is 5.91 Å². The molecule has 4 aromatic rings. The largest absolute Gasteiger partial charge is 0.367 e. The fraction of sp³-hybridized carbons (Fsp3) is 0.154. The number of nitrogens with one attached hydrogen (secondary N) is 1. The van der Waals surface area contributed by atoms with E-state index in [4.69, 9.17) is 16.3 Å². The van der Waals surface area contributed by atoms with Crippen LogP contribution in [0.2, 0.25) is 5.02 Å². The number of benzene rings is 3. The lowest BCUT2D eigenvalue weighted by molar-refractivity contribution is 0.102. The summed E-state index contributed by atoms with van der Waals surface area (Å²) in [5.74, 6) is 0.485. The molecule has 1 amide bonds. The third-order valence-corrected chi connectivity index (χ3v) is 6.93. The van der Waals surface area contributed by atoms with E-state index in [9.17, 15) is 4.79 Å². The van der Waals surface area contributed by atoms with Crippen molar-refractivity contribution in [3.8, 4) is 11.3 Å². The fourth-order valence-corrected chi connectivity index (χ4v) is 4.94. The summed E-state index contributed by atoms with van der Waals surface area (Å²) in [5, 5.41) is 5.70. The number of ether oxygens (including phenoxy) is 1. The quantitative estimate of drug-likeness (QED) is 0.339. The second-order valence-corrected chi connectivity index (χ2v) is 9.13. The number of hydrogen-bond donors (Lipinski definition) is 1. The first-order valence-corrected chi connectivity index (χ1v) is 12.0. The smallest absolute Gasteiger partial charge is 0.255 e. The average Bonchev–Trinajstić information content (AvgIpc) is 2.85. The van der Waals surface area contributed by atoms with Crippen molar-refractivity contribution in [3.05, 3.63) is 89.1 Å². The molecule has 7 heteroatoms. The maximum atomic E-state index is 13.1. The van der Waals surface area contributed by atoms with Gasteiger partial charge in [0.1, 0.15) is 5.94 Å². The normalized spacial score (nSPS) is 13.8. The van der Waals surface area contributed by atoms with E-state index >= 15 is 0 Å². The summed E-state index contributed by atoms with van der Waals surface area (Å²) in [6.07, 6.45) is 1.77. The van der Waals surface area contributed by atoms with Crippen molar-refractivity contribution < 1.29 is 9.53 Å². The molecule has 5 nitrogen and oxygen atoms in total. The minimum absolute atomic E-state index is 0.159. The van der Waals surface area contributed by atoms with Crippen LogP contribution in [0.25, 0.3) is 22.0 Å². The number of aromatic nitrogens is 1. The molecule has 3 aromatic carbocycles. The van der Waals surface area contributed by atoms with Gasteiger partial charge in [-0.3, -0.25) is 9.78 Å². The lowest BCUT2D eigenvalue weighted by atomic mass is 10.0. The Bertz CT molecular complexity index is 1330. The molecule has 1 N–H and O–H groups in total. The highest BCUT2D eigenvalue weighted by Crippen LogP contribution is 2.34. The molecule has 1 aliphatic heterocycles. The molecule has 1 saturated heterocycles. The summed E-state index contributed by atoms with van der Waals surface area (Å²) < 4.78 is 7.59. The van der Waals surface area contributed by atoms with E-state index < -0.39 is 0 Å². The number of pyridine rings is 1. The van der Waals surface area contributed by atoms with Gasteiger partial charge in [-0.1, -0.05) is 35.9 Å². The van der Waals surface area contributed by atoms with Gasteiger partial charge < -0.3 is 14.4 Å². The molecule has 1 aliphatic rings. The van der Waals surface area contributed by atoms with Gasteiger partial charge in [-0.25, -0.2) is 0 Å². The van der Waals surface area contributed by atoms with Crippen LogP contribution in [-0.2, 0) is 4.74 Å². The number of anilines is 2. The molecule has 1 aromatic heterocycles. The Morgan fingerprint density at radius 2 is 2.00 bits per heavy atom. The summed E-state index contributed by atoms with van der Waals surface area (Å²) in [6, 6.07) is 21.4. The van der Waals surface area contributed by atoms with Gasteiger partial charge in [-0.2, -0.15) is 0 Å². The number of rotatable bonds is 4. The fourth-order valence-electron chi connectivity index (χ4n) is 3.95. The lowest BCUT2D eigenvalue weighted by Gasteiger charge is -2.27. The van der Waals surface area contributed by atoms with Crippen LogP contribution in [0.3, 0.4) is 0 Å². The van der Waals surface area contributed by atoms with Crippen molar-refractivity contribution in [2.24, 2.45) is 0 Å². The molecular weight excluding hydrogens is 454 g/mol. The lowest BCUT2D eigenvalue weighted by Crippen LogP contribution is -2.26. The van der Waals surface area contributed by atoms with Crippen molar-refractivity contribution in [2.45, 2.75) is 6.92 Å². The van der Waals surface area contributed by atoms with Crippen LogP contribution < -0.4 is 9.62 Å². The minimum atomic E-state index is -0.159. The number of hydrogen-bond acceptors (Lipinski definition) is 5. The average molecular weight is 476 g/mol. The maximum Gasteiger partial charge on any atom is 0.255 e. The van der Waals surface area contributed by atoms with E-state index in [1.807, 2.05) is 67.6 Å². The molecule has 1 fully saturated rings. The number of fused-ring (bicyclic) bond motifs is 1. The first kappa shape index (κ1) is 21.8. The highest BCUT2D eigenvalue weighted by atomic mass is 35.5. The Balaban J connectivity index is 1.41. The van der Waals surface area contributed by atoms with Gasteiger partial charge in [0.15, 0.2) is 0 Å². The molecule has 0 radical (unpaired) electrons. The van der Waals surface area contributed by atoms with Gasteiger partial charge in [0, 0.05) is 34.1 Å². The van der Waals surface area contributed by atoms with Crippen molar-refractivity contribution in [1.29, 1.82) is 0 Å². The highest BCUT2D eigenvalue weighted by molar-refractivity contribution is 8.00. The Morgan fingerprint density at radius 1 is 1.12 bits per heavy atom. The van der Waals surface area contributed by atoms with Crippen molar-refractivity contribution in [2.75, 3.05) is 28.7 Å². The molecule has 0 atom stereocenters. The van der Waals surface area contributed by atoms with Crippen LogP contribution in [0.15, 0.2) is 72.9 Å². The van der Waals surface area contributed by atoms with Crippen LogP contribution in [0.4, 0.5) is 11.4 Å². The first-order valence-electron chi connectivity index (χ1n) is 10.6. The van der Waals surface area contributed by atoms with Gasteiger partial charge in [0.2, 0.25) is 0 Å². The van der Waals surface area contributed by atoms with Gasteiger partial charge >= 0.3 is 0 Å². The molecule has 2 heterocycles. The number of halogens is 1. The van der Waals surface area contributed by atoms with Gasteiger partial charge in [0.05, 0.1) is 23.9 Å². The van der Waals surface area contributed by atoms with E-state index in [0.717, 1.165) is 39.8 Å². The maximum absolute atomic E-state index is 13.1. The molecule has 5 rings (SSSR count). The van der Waals surface area contributed by atoms with E-state index in [1.54, 1.807) is 24.2 Å². The molecule has 33 heavy (non-hydrogen) atoms. The minimum Gasteiger partial charge on any atom is -0.367 e. The second-order valence-electron chi connectivity index (χ2n) is 7.79. The zero-order valence-electron chi connectivity index (χ0n) is 18.0. The van der Waals surface area contributed by atoms with Crippen molar-refractivity contribution >= 4 is 51.6 Å². The summed E-state index contributed by atoms with van der Waals surface area (Å²) in [6.45, 7) is 3.49. The first-order chi connectivity index (χ1) is 16.1. The monoisotopic (exact) mass is 475 g/mol. The molecule has 0 unspecified atom stereocenters. The summed E-state index contributed by atoms with van der Waals surface area (Å²) in [7, 11) is 0. The van der Waals surface area contributed by atoms with Crippen LogP contribution in [0.5, 0.6) is 0 Å². The van der Waals surface area contributed by atoms with E-state index in [2.05, 4.69) is 14.6 Å². The molecule has 166 valence electrons. The molecule has 0 spiro atoms. The summed E-state index contributed by atoms with van der Waals surface area (Å²) >= 11 is 8.17. The third-order valence-electron chi connectivity index (χ3n) is 5.63. The number of aryl methyl sites for hydroxylation is 1. The number of carbonyl (C=O) groups is 1. The Hall–Kier alpha value is -3.06. The van der Waals surface area contributed by atoms with E-state index in [0.29, 0.717) is 28.8 Å². The molecule has 0 saturated carbocycles. The van der Waals surface area contributed by atoms with Gasteiger partial charge in [0.25, 0.3) is 5.91 Å². The zero-order valence-corrected chi connectivity index (χ0v) is 19.6. The number of carbonyl (C=O) groups excluding carboxylic acids is 1. The number of amides is 1. The SMILES string of the molecule is Cc1cc(N2CCOCS2)ccc1C(=O)Nc1ccc(Cl)c(-c2nccc3ccccc23)c1. The second kappa shape index (κ2) is 9.43. The molecular formula is C26H22ClN3O2S. The third kappa shape index (κ3) is 4.55. The highest BCUT2D eigenvalue weighted by Gasteiger charge is 2.16. The van der Waals surface area contributed by atoms with Crippen molar-refractivity contribution in [3.63, 3.8) is 0 Å². The van der Waals surface area contributed by atoms with E-state index in [1.165, 1.54) is 0 Å². The van der Waals surface area contributed by atoms with Gasteiger partial charge in [-0.15, -0.1) is 0 Å². The predicted molar refractivity (Wildman–Crippen MR) is 137 cm³/mol. The molecule has 0 aliphatic carbocycles. The van der Waals surface area contributed by atoms with Crippen LogP contribution in [0, 0.1) is 6.92 Å². The predicted octanol–water partition coefficient (Wildman–Crippen LogP) is 6.56. The molecule has 0 bridgehead atoms. The van der Waals surface area contributed by atoms with Gasteiger partial charge in [-0.05, 0) is 72.3 Å². The van der Waals surface area contributed by atoms with Crippen LogP contribution >= 0.6 is 23.5 Å². The van der Waals surface area contributed by atoms with Crippen LogP contribution in [0.1, 0.15) is 15.9 Å². The topological polar surface area (TPSA) is 54.5 Å². The van der Waals surface area contributed by atoms with Crippen LogP contribution in [-0.4, -0.2) is 30.0 Å². The summed E-state index contributed by atoms with van der Waals surface area (Å²) in [5.41, 5.74) is 4.87. The number of nitrogens with zero attached hydrogens (tertiary/aromatic N) is 2. The zero-order chi connectivity index (χ0) is 22.8.